The molecule has 0 bridgehead atoms. The van der Waals surface area contributed by atoms with Gasteiger partial charge in [-0.05, 0) is 63.1 Å². The Kier molecular flexibility index (Phi) is 5.86. The number of halogens is 1. The lowest BCUT2D eigenvalue weighted by Crippen LogP contribution is -2.50. The predicted octanol–water partition coefficient (Wildman–Crippen LogP) is 3.13. The number of anilines is 2. The van der Waals surface area contributed by atoms with Gasteiger partial charge in [0.1, 0.15) is 5.82 Å². The fourth-order valence-corrected chi connectivity index (χ4v) is 5.29. The molecule has 1 aliphatic carbocycles. The number of methoxy groups -OCH3 is 1. The minimum atomic E-state index is -0.647. The van der Waals surface area contributed by atoms with Crippen LogP contribution in [0.25, 0.3) is 0 Å². The molecule has 1 atom stereocenters. The summed E-state index contributed by atoms with van der Waals surface area (Å²) in [6.07, 6.45) is 4.80. The number of ether oxygens (including phenoxy) is 1. The topological polar surface area (TPSA) is 82.1 Å². The zero-order chi connectivity index (χ0) is 21.3. The first-order chi connectivity index (χ1) is 14.4. The summed E-state index contributed by atoms with van der Waals surface area (Å²) >= 11 is 0. The molecule has 2 saturated heterocycles. The molecule has 2 aliphatic heterocycles. The molecular weight excluding hydrogens is 389 g/mol. The fraction of sp³-hybridized carbons (Fsp3) is 0.636. The van der Waals surface area contributed by atoms with E-state index >= 15 is 0 Å². The van der Waals surface area contributed by atoms with E-state index in [-0.39, 0.29) is 18.1 Å². The molecule has 2 heterocycles. The quantitative estimate of drug-likeness (QED) is 0.787. The van der Waals surface area contributed by atoms with E-state index in [1.54, 1.807) is 12.1 Å². The van der Waals surface area contributed by atoms with Crippen LogP contribution in [-0.4, -0.2) is 60.9 Å². The van der Waals surface area contributed by atoms with Crippen molar-refractivity contribution in [3.05, 3.63) is 24.0 Å². The van der Waals surface area contributed by atoms with Gasteiger partial charge in [0.25, 0.3) is 0 Å². The Morgan fingerprint density at radius 3 is 2.70 bits per heavy atom. The van der Waals surface area contributed by atoms with Crippen LogP contribution in [0.2, 0.25) is 0 Å². The standard InChI is InChI=1S/C22H30FN3O4/c1-30-21(29)24-15-3-8-19(18(23)13-15)25-11-2-9-22(14-25)10-12-26(20(22)28)16-4-6-17(27)7-5-16/h3,8,13,16-17,27H,2,4-7,9-12,14H2,1H3,(H,24,29)/t16-,17-,22?. The molecule has 1 aromatic carbocycles. The lowest BCUT2D eigenvalue weighted by molar-refractivity contribution is -0.139. The van der Waals surface area contributed by atoms with Gasteiger partial charge in [0, 0.05) is 31.4 Å². The molecule has 1 unspecified atom stereocenters. The average molecular weight is 419 g/mol. The number of rotatable bonds is 3. The molecule has 1 saturated carbocycles. The van der Waals surface area contributed by atoms with Crippen molar-refractivity contribution in [1.29, 1.82) is 0 Å². The third-order valence-corrected chi connectivity index (χ3v) is 6.95. The maximum Gasteiger partial charge on any atom is 0.411 e. The van der Waals surface area contributed by atoms with Crippen molar-refractivity contribution in [2.75, 3.05) is 37.0 Å². The number of likely N-dealkylation sites (tertiary alicyclic amines) is 1. The Hall–Kier alpha value is -2.35. The van der Waals surface area contributed by atoms with E-state index in [4.69, 9.17) is 0 Å². The van der Waals surface area contributed by atoms with Gasteiger partial charge in [-0.25, -0.2) is 9.18 Å². The van der Waals surface area contributed by atoms with E-state index in [0.29, 0.717) is 24.5 Å². The molecule has 2 amide bonds. The van der Waals surface area contributed by atoms with Crippen LogP contribution in [0, 0.1) is 11.2 Å². The molecule has 7 nitrogen and oxygen atoms in total. The zero-order valence-electron chi connectivity index (χ0n) is 17.4. The molecule has 0 aromatic heterocycles. The van der Waals surface area contributed by atoms with Gasteiger partial charge in [0.05, 0.1) is 24.3 Å². The molecule has 164 valence electrons. The van der Waals surface area contributed by atoms with Crippen molar-refractivity contribution in [2.24, 2.45) is 5.41 Å². The van der Waals surface area contributed by atoms with E-state index < -0.39 is 17.3 Å². The van der Waals surface area contributed by atoms with Crippen molar-refractivity contribution in [3.8, 4) is 0 Å². The number of benzene rings is 1. The van der Waals surface area contributed by atoms with Gasteiger partial charge >= 0.3 is 6.09 Å². The summed E-state index contributed by atoms with van der Waals surface area (Å²) in [5.41, 5.74) is 0.331. The van der Waals surface area contributed by atoms with E-state index in [1.807, 2.05) is 9.80 Å². The number of hydrogen-bond donors (Lipinski definition) is 2. The molecule has 8 heteroatoms. The highest BCUT2D eigenvalue weighted by Crippen LogP contribution is 2.43. The highest BCUT2D eigenvalue weighted by Gasteiger charge is 2.50. The van der Waals surface area contributed by atoms with Gasteiger partial charge in [-0.1, -0.05) is 0 Å². The molecular formula is C22H30FN3O4. The second-order valence-corrected chi connectivity index (χ2v) is 8.80. The number of nitrogens with one attached hydrogen (secondary N) is 1. The number of hydrogen-bond acceptors (Lipinski definition) is 5. The SMILES string of the molecule is COC(=O)Nc1ccc(N2CCCC3(CCN([C@H]4CC[C@H](O)CC4)C3=O)C2)c(F)c1. The van der Waals surface area contributed by atoms with Crippen molar-refractivity contribution >= 4 is 23.4 Å². The van der Waals surface area contributed by atoms with E-state index in [1.165, 1.54) is 13.2 Å². The minimum Gasteiger partial charge on any atom is -0.453 e. The molecule has 3 aliphatic rings. The number of carbonyl (C=O) groups is 2. The van der Waals surface area contributed by atoms with Crippen LogP contribution in [0.5, 0.6) is 0 Å². The van der Waals surface area contributed by atoms with E-state index in [9.17, 15) is 19.1 Å². The normalized spacial score (nSPS) is 29.4. The first kappa shape index (κ1) is 20.9. The van der Waals surface area contributed by atoms with Crippen LogP contribution < -0.4 is 10.2 Å². The molecule has 3 fully saturated rings. The van der Waals surface area contributed by atoms with Crippen LogP contribution in [0.3, 0.4) is 0 Å². The van der Waals surface area contributed by atoms with Gasteiger partial charge in [-0.15, -0.1) is 0 Å². The molecule has 4 rings (SSSR count). The van der Waals surface area contributed by atoms with Crippen molar-refractivity contribution in [1.82, 2.24) is 4.90 Å². The minimum absolute atomic E-state index is 0.193. The lowest BCUT2D eigenvalue weighted by Gasteiger charge is -2.41. The summed E-state index contributed by atoms with van der Waals surface area (Å²) in [5, 5.41) is 12.2. The van der Waals surface area contributed by atoms with Gasteiger partial charge in [0.2, 0.25) is 5.91 Å². The lowest BCUT2D eigenvalue weighted by atomic mass is 9.78. The number of carbonyl (C=O) groups excluding carboxylic acids is 2. The summed E-state index contributed by atoms with van der Waals surface area (Å²) in [4.78, 5) is 28.7. The third kappa shape index (κ3) is 3.97. The number of aliphatic hydroxyl groups excluding tert-OH is 1. The van der Waals surface area contributed by atoms with E-state index in [2.05, 4.69) is 10.1 Å². The molecule has 2 N–H and O–H groups in total. The Balaban J connectivity index is 1.47. The van der Waals surface area contributed by atoms with Crippen molar-refractivity contribution in [2.45, 2.75) is 57.1 Å². The van der Waals surface area contributed by atoms with Crippen LogP contribution in [-0.2, 0) is 9.53 Å². The largest absolute Gasteiger partial charge is 0.453 e. The summed E-state index contributed by atoms with van der Waals surface area (Å²) in [5.74, 6) is -0.234. The summed E-state index contributed by atoms with van der Waals surface area (Å²) in [6.45, 7) is 1.96. The highest BCUT2D eigenvalue weighted by molar-refractivity contribution is 5.87. The van der Waals surface area contributed by atoms with Crippen molar-refractivity contribution < 1.29 is 23.8 Å². The average Bonchev–Trinajstić information content (AvgIpc) is 3.04. The second kappa shape index (κ2) is 8.41. The predicted molar refractivity (Wildman–Crippen MR) is 111 cm³/mol. The number of aliphatic hydroxyl groups is 1. The Morgan fingerprint density at radius 1 is 1.23 bits per heavy atom. The third-order valence-electron chi connectivity index (χ3n) is 6.95. The van der Waals surface area contributed by atoms with Crippen LogP contribution >= 0.6 is 0 Å². The van der Waals surface area contributed by atoms with Gasteiger partial charge in [-0.2, -0.15) is 0 Å². The monoisotopic (exact) mass is 419 g/mol. The van der Waals surface area contributed by atoms with Crippen LogP contribution in [0.1, 0.15) is 44.9 Å². The second-order valence-electron chi connectivity index (χ2n) is 8.80. The van der Waals surface area contributed by atoms with Gasteiger partial charge < -0.3 is 19.6 Å². The smallest absolute Gasteiger partial charge is 0.411 e. The molecule has 1 aromatic rings. The van der Waals surface area contributed by atoms with Gasteiger partial charge in [0.15, 0.2) is 0 Å². The zero-order valence-corrected chi connectivity index (χ0v) is 17.4. The van der Waals surface area contributed by atoms with E-state index in [0.717, 1.165) is 51.5 Å². The molecule has 30 heavy (non-hydrogen) atoms. The Bertz CT molecular complexity index is 812. The number of piperidine rings is 1. The first-order valence-corrected chi connectivity index (χ1v) is 10.8. The number of nitrogens with zero attached hydrogens (tertiary/aromatic N) is 2. The van der Waals surface area contributed by atoms with Crippen LogP contribution in [0.4, 0.5) is 20.6 Å². The number of amides is 2. The highest BCUT2D eigenvalue weighted by atomic mass is 19.1. The molecule has 0 radical (unpaired) electrons. The Morgan fingerprint density at radius 2 is 2.00 bits per heavy atom. The summed E-state index contributed by atoms with van der Waals surface area (Å²) in [7, 11) is 1.25. The van der Waals surface area contributed by atoms with Gasteiger partial charge in [-0.3, -0.25) is 10.1 Å². The maximum absolute atomic E-state index is 14.8. The van der Waals surface area contributed by atoms with Crippen molar-refractivity contribution in [3.63, 3.8) is 0 Å². The summed E-state index contributed by atoms with van der Waals surface area (Å²) < 4.78 is 19.4. The molecule has 1 spiro atoms. The first-order valence-electron chi connectivity index (χ1n) is 10.8. The Labute approximate surface area is 176 Å². The fourth-order valence-electron chi connectivity index (χ4n) is 5.29. The summed E-state index contributed by atoms with van der Waals surface area (Å²) in [6, 6.07) is 4.80. The maximum atomic E-state index is 14.8. The van der Waals surface area contributed by atoms with Crippen LogP contribution in [0.15, 0.2) is 18.2 Å².